The summed E-state index contributed by atoms with van der Waals surface area (Å²) in [6, 6.07) is 8.68. The van der Waals surface area contributed by atoms with Crippen LogP contribution in [0, 0.1) is 5.41 Å². The number of benzene rings is 1. The first-order valence-electron chi connectivity index (χ1n) is 6.39. The maximum absolute atomic E-state index is 5.96. The molecule has 0 aromatic heterocycles. The fourth-order valence-electron chi connectivity index (χ4n) is 1.83. The van der Waals surface area contributed by atoms with Gasteiger partial charge in [0.15, 0.2) is 0 Å². The monoisotopic (exact) mass is 346 g/mol. The summed E-state index contributed by atoms with van der Waals surface area (Å²) in [5.74, 6) is 0. The minimum atomic E-state index is -0.490. The second-order valence-electron chi connectivity index (χ2n) is 5.82. The van der Waals surface area contributed by atoms with Crippen LogP contribution in [0.2, 0.25) is 0 Å². The number of rotatable bonds is 4. The van der Waals surface area contributed by atoms with Crippen LogP contribution in [-0.4, -0.2) is 6.61 Å². The fourth-order valence-corrected chi connectivity index (χ4v) is 3.67. The largest absolute Gasteiger partial charge is 1.00 e. The van der Waals surface area contributed by atoms with Gasteiger partial charge in [-0.05, 0) is 0 Å². The quantitative estimate of drug-likeness (QED) is 0.558. The molecular formula is C16H20Cl2OTi. The van der Waals surface area contributed by atoms with Gasteiger partial charge >= 0.3 is 120 Å². The van der Waals surface area contributed by atoms with Crippen molar-refractivity contribution < 1.29 is 47.7 Å². The van der Waals surface area contributed by atoms with Crippen molar-refractivity contribution in [1.29, 1.82) is 0 Å². The zero-order valence-corrected chi connectivity index (χ0v) is 15.2. The van der Waals surface area contributed by atoms with E-state index in [2.05, 4.69) is 63.3 Å². The number of allylic oxidation sites excluding steroid dienone is 4. The zero-order valence-electron chi connectivity index (χ0n) is 12.1. The van der Waals surface area contributed by atoms with Crippen molar-refractivity contribution in [1.82, 2.24) is 0 Å². The predicted octanol–water partition coefficient (Wildman–Crippen LogP) is -2.28. The van der Waals surface area contributed by atoms with Gasteiger partial charge in [0.1, 0.15) is 0 Å². The van der Waals surface area contributed by atoms with Gasteiger partial charge in [-0.3, -0.25) is 0 Å². The Hall–Kier alpha value is -0.0457. The third-order valence-electron chi connectivity index (χ3n) is 2.73. The van der Waals surface area contributed by atoms with Crippen molar-refractivity contribution in [2.45, 2.75) is 27.2 Å². The Kier molecular flexibility index (Phi) is 9.05. The third kappa shape index (κ3) is 6.16. The van der Waals surface area contributed by atoms with Crippen molar-refractivity contribution in [3.63, 3.8) is 0 Å². The van der Waals surface area contributed by atoms with Crippen LogP contribution in [0.5, 0.6) is 0 Å². The summed E-state index contributed by atoms with van der Waals surface area (Å²) in [6.45, 7) is 7.50. The molecule has 2 rings (SSSR count). The van der Waals surface area contributed by atoms with E-state index in [1.54, 1.807) is 0 Å². The van der Waals surface area contributed by atoms with Gasteiger partial charge < -0.3 is 24.8 Å². The van der Waals surface area contributed by atoms with Gasteiger partial charge in [0.25, 0.3) is 0 Å². The van der Waals surface area contributed by atoms with E-state index in [9.17, 15) is 0 Å². The smallest absolute Gasteiger partial charge is 1.00 e. The van der Waals surface area contributed by atoms with Gasteiger partial charge in [-0.25, -0.2) is 0 Å². The normalized spacial score (nSPS) is 13.1. The molecule has 1 aromatic rings. The Morgan fingerprint density at radius 1 is 1.15 bits per heavy atom. The standard InChI is InChI=1S/C11H9.C5H11O.2ClH.Ti/c1-2-6-10(7-3-1)11-8-4-5-9-11;1-5(2,3)4-6;;;/h1-6,8H,9H2;4H2,1-3H3;2*1H;/q;-1;;;+3/p-2. The van der Waals surface area contributed by atoms with Crippen molar-refractivity contribution in [3.8, 4) is 0 Å². The van der Waals surface area contributed by atoms with E-state index in [1.165, 1.54) is 15.0 Å². The molecule has 0 fully saturated rings. The summed E-state index contributed by atoms with van der Waals surface area (Å²) in [7, 11) is 0. The van der Waals surface area contributed by atoms with Crippen LogP contribution in [-0.2, 0) is 22.9 Å². The second kappa shape index (κ2) is 9.07. The van der Waals surface area contributed by atoms with Crippen molar-refractivity contribution >= 4 is 9.44 Å². The minimum absolute atomic E-state index is 0. The second-order valence-corrected chi connectivity index (χ2v) is 7.43. The first kappa shape index (κ1) is 20.0. The predicted molar refractivity (Wildman–Crippen MR) is 73.2 cm³/mol. The SMILES string of the molecule is CC(C)(C)C[O][Ti+2][c]1ccccc1C1=CC=CC1.[Cl-].[Cl-]. The Labute approximate surface area is 144 Å². The summed E-state index contributed by atoms with van der Waals surface area (Å²) in [5.41, 5.74) is 3.07. The summed E-state index contributed by atoms with van der Waals surface area (Å²) in [6.07, 6.45) is 7.63. The zero-order chi connectivity index (χ0) is 13.0. The van der Waals surface area contributed by atoms with Crippen LogP contribution in [0.25, 0.3) is 5.57 Å². The molecule has 0 saturated carbocycles. The molecule has 0 amide bonds. The van der Waals surface area contributed by atoms with Crippen LogP contribution in [0.4, 0.5) is 0 Å². The molecule has 1 aliphatic carbocycles. The first-order valence-corrected chi connectivity index (χ1v) is 7.81. The summed E-state index contributed by atoms with van der Waals surface area (Å²) >= 11 is -0.490. The summed E-state index contributed by atoms with van der Waals surface area (Å²) in [4.78, 5) is 0. The van der Waals surface area contributed by atoms with Crippen molar-refractivity contribution in [3.05, 3.63) is 48.1 Å². The van der Waals surface area contributed by atoms with E-state index in [4.69, 9.17) is 3.32 Å². The molecule has 1 aliphatic rings. The third-order valence-corrected chi connectivity index (χ3v) is 4.21. The van der Waals surface area contributed by atoms with Gasteiger partial charge in [-0.1, -0.05) is 0 Å². The number of hydrogen-bond donors (Lipinski definition) is 0. The van der Waals surface area contributed by atoms with E-state index in [0.29, 0.717) is 0 Å². The first-order chi connectivity index (χ1) is 8.56. The number of halogens is 2. The van der Waals surface area contributed by atoms with Crippen molar-refractivity contribution in [2.24, 2.45) is 5.41 Å². The topological polar surface area (TPSA) is 9.23 Å². The average molecular weight is 347 g/mol. The van der Waals surface area contributed by atoms with Gasteiger partial charge in [-0.15, -0.1) is 0 Å². The maximum Gasteiger partial charge on any atom is -1.00 e. The summed E-state index contributed by atoms with van der Waals surface area (Å²) < 4.78 is 7.38. The molecule has 0 aliphatic heterocycles. The fraction of sp³-hybridized carbons (Fsp3) is 0.375. The van der Waals surface area contributed by atoms with Crippen molar-refractivity contribution in [2.75, 3.05) is 6.61 Å². The molecule has 0 unspecified atom stereocenters. The molecule has 108 valence electrons. The van der Waals surface area contributed by atoms with Crippen LogP contribution in [0.15, 0.2) is 42.5 Å². The molecule has 0 atom stereocenters. The van der Waals surface area contributed by atoms with Crippen LogP contribution < -0.4 is 28.7 Å². The molecule has 0 bridgehead atoms. The molecular weight excluding hydrogens is 327 g/mol. The van der Waals surface area contributed by atoms with Gasteiger partial charge in [0, 0.05) is 0 Å². The molecule has 0 heterocycles. The molecule has 1 aromatic carbocycles. The van der Waals surface area contributed by atoms with E-state index in [0.717, 1.165) is 13.0 Å². The molecule has 0 radical (unpaired) electrons. The van der Waals surface area contributed by atoms with Crippen LogP contribution in [0.3, 0.4) is 0 Å². The van der Waals surface area contributed by atoms with E-state index >= 15 is 0 Å². The van der Waals surface area contributed by atoms with Gasteiger partial charge in [0.2, 0.25) is 0 Å². The van der Waals surface area contributed by atoms with E-state index < -0.39 is 19.5 Å². The Morgan fingerprint density at radius 3 is 2.45 bits per heavy atom. The Balaban J connectivity index is 0.00000180. The summed E-state index contributed by atoms with van der Waals surface area (Å²) in [5, 5.41) is 0. The number of hydrogen-bond acceptors (Lipinski definition) is 1. The Morgan fingerprint density at radius 2 is 1.85 bits per heavy atom. The molecule has 0 N–H and O–H groups in total. The molecule has 0 saturated heterocycles. The molecule has 20 heavy (non-hydrogen) atoms. The Bertz CT molecular complexity index is 476. The molecule has 1 nitrogen and oxygen atoms in total. The maximum atomic E-state index is 5.96. The van der Waals surface area contributed by atoms with Gasteiger partial charge in [0.05, 0.1) is 0 Å². The van der Waals surface area contributed by atoms with Crippen LogP contribution in [0.1, 0.15) is 32.8 Å². The van der Waals surface area contributed by atoms with E-state index in [-0.39, 0.29) is 30.2 Å². The van der Waals surface area contributed by atoms with E-state index in [1.807, 2.05) is 0 Å². The molecule has 4 heteroatoms. The molecule has 0 spiro atoms. The van der Waals surface area contributed by atoms with Gasteiger partial charge in [-0.2, -0.15) is 0 Å². The minimum Gasteiger partial charge on any atom is -1.00 e. The average Bonchev–Trinajstić information content (AvgIpc) is 2.81. The van der Waals surface area contributed by atoms with Crippen LogP contribution >= 0.6 is 0 Å².